The largest absolute Gasteiger partial charge is 0.497 e. The summed E-state index contributed by atoms with van der Waals surface area (Å²) in [7, 11) is 1.62. The van der Waals surface area contributed by atoms with E-state index in [4.69, 9.17) is 4.74 Å². The molecule has 8 heteroatoms. The minimum Gasteiger partial charge on any atom is -0.497 e. The molecule has 4 rings (SSSR count). The molecule has 3 heterocycles. The van der Waals surface area contributed by atoms with E-state index in [0.717, 1.165) is 17.0 Å². The van der Waals surface area contributed by atoms with Crippen LogP contribution in [0.25, 0.3) is 16.9 Å². The molecule has 0 atom stereocenters. The van der Waals surface area contributed by atoms with E-state index in [9.17, 15) is 9.59 Å². The van der Waals surface area contributed by atoms with Crippen LogP contribution in [0, 0.1) is 0 Å². The van der Waals surface area contributed by atoms with Crippen molar-refractivity contribution in [2.24, 2.45) is 0 Å². The van der Waals surface area contributed by atoms with Crippen LogP contribution in [0.1, 0.15) is 17.3 Å². The zero-order valence-corrected chi connectivity index (χ0v) is 15.8. The maximum atomic E-state index is 13.0. The van der Waals surface area contributed by atoms with Gasteiger partial charge in [0.25, 0.3) is 5.91 Å². The molecular weight excluding hydrogens is 358 g/mol. The molecule has 1 saturated heterocycles. The number of ether oxygens (including phenoxy) is 1. The first kappa shape index (κ1) is 18.0. The first-order valence-electron chi connectivity index (χ1n) is 9.10. The van der Waals surface area contributed by atoms with Crippen molar-refractivity contribution < 1.29 is 14.3 Å². The van der Waals surface area contributed by atoms with Crippen LogP contribution in [0.2, 0.25) is 0 Å². The molecule has 2 aromatic heterocycles. The zero-order chi connectivity index (χ0) is 19.7. The first-order valence-corrected chi connectivity index (χ1v) is 9.10. The number of amides is 2. The first-order chi connectivity index (χ1) is 13.6. The van der Waals surface area contributed by atoms with E-state index < -0.39 is 0 Å². The van der Waals surface area contributed by atoms with Crippen molar-refractivity contribution in [3.05, 3.63) is 48.3 Å². The monoisotopic (exact) mass is 379 g/mol. The van der Waals surface area contributed by atoms with Gasteiger partial charge in [0, 0.05) is 44.9 Å². The predicted octanol–water partition coefficient (Wildman–Crippen LogP) is 1.71. The lowest BCUT2D eigenvalue weighted by molar-refractivity contribution is -0.130. The van der Waals surface area contributed by atoms with Crippen LogP contribution in [-0.2, 0) is 4.79 Å². The van der Waals surface area contributed by atoms with Crippen LogP contribution >= 0.6 is 0 Å². The van der Waals surface area contributed by atoms with Crippen LogP contribution in [-0.4, -0.2) is 69.5 Å². The van der Waals surface area contributed by atoms with Crippen molar-refractivity contribution >= 4 is 17.5 Å². The highest BCUT2D eigenvalue weighted by molar-refractivity contribution is 6.00. The molecule has 0 radical (unpaired) electrons. The van der Waals surface area contributed by atoms with Crippen LogP contribution in [0.3, 0.4) is 0 Å². The third kappa shape index (κ3) is 3.17. The van der Waals surface area contributed by atoms with Gasteiger partial charge in [0.15, 0.2) is 5.65 Å². The highest BCUT2D eigenvalue weighted by Gasteiger charge is 2.26. The number of aromatic nitrogens is 3. The summed E-state index contributed by atoms with van der Waals surface area (Å²) in [6.07, 6.45) is 3.24. The molecule has 3 aromatic rings. The van der Waals surface area contributed by atoms with Gasteiger partial charge in [0.05, 0.1) is 19.0 Å². The van der Waals surface area contributed by atoms with E-state index in [2.05, 4.69) is 10.1 Å². The lowest BCUT2D eigenvalue weighted by atomic mass is 10.1. The fourth-order valence-electron chi connectivity index (χ4n) is 3.44. The lowest BCUT2D eigenvalue weighted by Gasteiger charge is -2.34. The molecule has 1 aliphatic heterocycles. The topological polar surface area (TPSA) is 80.0 Å². The second-order valence-corrected chi connectivity index (χ2v) is 6.65. The average molecular weight is 379 g/mol. The maximum absolute atomic E-state index is 13.0. The number of methoxy groups -OCH3 is 1. The number of hydrogen-bond donors (Lipinski definition) is 0. The van der Waals surface area contributed by atoms with Crippen molar-refractivity contribution in [2.75, 3.05) is 33.3 Å². The average Bonchev–Trinajstić information content (AvgIpc) is 3.17. The molecule has 144 valence electrons. The van der Waals surface area contributed by atoms with Gasteiger partial charge < -0.3 is 14.5 Å². The Hall–Kier alpha value is -3.42. The maximum Gasteiger partial charge on any atom is 0.259 e. The van der Waals surface area contributed by atoms with E-state index in [1.54, 1.807) is 40.7 Å². The van der Waals surface area contributed by atoms with E-state index in [1.807, 2.05) is 30.3 Å². The highest BCUT2D eigenvalue weighted by atomic mass is 16.5. The Kier molecular flexibility index (Phi) is 4.68. The molecule has 0 saturated carbocycles. The quantitative estimate of drug-likeness (QED) is 0.692. The van der Waals surface area contributed by atoms with Crippen LogP contribution in [0.5, 0.6) is 5.75 Å². The number of fused-ring (bicyclic) bond motifs is 1. The van der Waals surface area contributed by atoms with Crippen LogP contribution < -0.4 is 4.74 Å². The Morgan fingerprint density at radius 2 is 1.82 bits per heavy atom. The summed E-state index contributed by atoms with van der Waals surface area (Å²) in [4.78, 5) is 32.4. The molecular formula is C20H21N5O3. The third-order valence-corrected chi connectivity index (χ3v) is 5.01. The van der Waals surface area contributed by atoms with E-state index >= 15 is 0 Å². The molecule has 1 fully saturated rings. The van der Waals surface area contributed by atoms with E-state index in [1.165, 1.54) is 0 Å². The van der Waals surface area contributed by atoms with Crippen molar-refractivity contribution in [2.45, 2.75) is 6.92 Å². The van der Waals surface area contributed by atoms with E-state index in [-0.39, 0.29) is 11.8 Å². The van der Waals surface area contributed by atoms with Crippen molar-refractivity contribution in [3.63, 3.8) is 0 Å². The number of carbonyl (C=O) groups is 2. The number of rotatable bonds is 3. The van der Waals surface area contributed by atoms with Crippen molar-refractivity contribution in [3.8, 4) is 17.0 Å². The Morgan fingerprint density at radius 3 is 2.54 bits per heavy atom. The number of hydrogen-bond acceptors (Lipinski definition) is 5. The summed E-state index contributed by atoms with van der Waals surface area (Å²) in [5, 5.41) is 4.41. The molecule has 8 nitrogen and oxygen atoms in total. The van der Waals surface area contributed by atoms with Gasteiger partial charge in [-0.15, -0.1) is 0 Å². The Balaban J connectivity index is 1.65. The Labute approximate surface area is 162 Å². The van der Waals surface area contributed by atoms with Gasteiger partial charge in [-0.05, 0) is 18.2 Å². The summed E-state index contributed by atoms with van der Waals surface area (Å²) in [6.45, 7) is 3.65. The molecule has 2 amide bonds. The number of carbonyl (C=O) groups excluding carboxylic acids is 2. The summed E-state index contributed by atoms with van der Waals surface area (Å²) in [5.74, 6) is 0.662. The minimum atomic E-state index is -0.117. The lowest BCUT2D eigenvalue weighted by Crippen LogP contribution is -2.50. The zero-order valence-electron chi connectivity index (χ0n) is 15.8. The van der Waals surface area contributed by atoms with Gasteiger partial charge in [0.2, 0.25) is 5.91 Å². The fourth-order valence-corrected chi connectivity index (χ4v) is 3.44. The molecule has 28 heavy (non-hydrogen) atoms. The number of benzene rings is 1. The van der Waals surface area contributed by atoms with Crippen molar-refractivity contribution in [1.29, 1.82) is 0 Å². The van der Waals surface area contributed by atoms with Gasteiger partial charge >= 0.3 is 0 Å². The summed E-state index contributed by atoms with van der Waals surface area (Å²) in [5.41, 5.74) is 2.72. The Bertz CT molecular complexity index is 1040. The molecule has 0 spiro atoms. The third-order valence-electron chi connectivity index (χ3n) is 5.01. The minimum absolute atomic E-state index is 0.0349. The van der Waals surface area contributed by atoms with Gasteiger partial charge in [-0.25, -0.2) is 9.50 Å². The van der Waals surface area contributed by atoms with Gasteiger partial charge in [-0.2, -0.15) is 5.10 Å². The molecule has 0 aliphatic carbocycles. The van der Waals surface area contributed by atoms with Crippen LogP contribution in [0.4, 0.5) is 0 Å². The second-order valence-electron chi connectivity index (χ2n) is 6.65. The summed E-state index contributed by atoms with van der Waals surface area (Å²) < 4.78 is 6.98. The van der Waals surface area contributed by atoms with Gasteiger partial charge in [-0.3, -0.25) is 9.59 Å². The molecule has 1 aliphatic rings. The predicted molar refractivity (Wildman–Crippen MR) is 103 cm³/mol. The normalized spacial score (nSPS) is 14.4. The molecule has 0 N–H and O–H groups in total. The van der Waals surface area contributed by atoms with E-state index in [0.29, 0.717) is 37.4 Å². The number of piperazine rings is 1. The molecule has 1 aromatic carbocycles. The summed E-state index contributed by atoms with van der Waals surface area (Å²) >= 11 is 0. The standard InChI is InChI=1S/C20H21N5O3/c1-14(26)23-8-10-24(11-9-23)20(27)17-13-22-25-18(6-7-21-19(17)25)15-4-3-5-16(12-15)28-2/h3-7,12-13H,8-11H2,1-2H3. The van der Waals surface area contributed by atoms with Crippen LogP contribution in [0.15, 0.2) is 42.7 Å². The molecule has 0 bridgehead atoms. The Morgan fingerprint density at radius 1 is 1.07 bits per heavy atom. The van der Waals surface area contributed by atoms with Crippen molar-refractivity contribution in [1.82, 2.24) is 24.4 Å². The second kappa shape index (κ2) is 7.30. The summed E-state index contributed by atoms with van der Waals surface area (Å²) in [6, 6.07) is 9.51. The van der Waals surface area contributed by atoms with Gasteiger partial charge in [-0.1, -0.05) is 12.1 Å². The number of nitrogens with zero attached hydrogens (tertiary/aromatic N) is 5. The highest BCUT2D eigenvalue weighted by Crippen LogP contribution is 2.25. The fraction of sp³-hybridized carbons (Fsp3) is 0.300. The smallest absolute Gasteiger partial charge is 0.259 e. The molecule has 0 unspecified atom stereocenters. The van der Waals surface area contributed by atoms with Gasteiger partial charge in [0.1, 0.15) is 11.3 Å². The SMILES string of the molecule is COc1cccc(-c2ccnc3c(C(=O)N4CCN(C(C)=O)CC4)cnn23)c1.